The van der Waals surface area contributed by atoms with Crippen LogP contribution in [0, 0.1) is 10.1 Å². The summed E-state index contributed by atoms with van der Waals surface area (Å²) in [5, 5.41) is 13.2. The summed E-state index contributed by atoms with van der Waals surface area (Å²) >= 11 is 0. The SMILES string of the molecule is O=[N+]([O-])c1cccc(N=Cc2cccn2-c2ccc3ccccc3c2)c1. The predicted octanol–water partition coefficient (Wildman–Crippen LogP) is 5.29. The minimum Gasteiger partial charge on any atom is -0.316 e. The van der Waals surface area contributed by atoms with Gasteiger partial charge in [0.2, 0.25) is 0 Å². The van der Waals surface area contributed by atoms with Crippen molar-refractivity contribution in [1.82, 2.24) is 4.57 Å². The molecule has 5 nitrogen and oxygen atoms in total. The molecule has 0 N–H and O–H groups in total. The van der Waals surface area contributed by atoms with Crippen molar-refractivity contribution in [3.8, 4) is 5.69 Å². The van der Waals surface area contributed by atoms with E-state index in [1.165, 1.54) is 22.9 Å². The lowest BCUT2D eigenvalue weighted by atomic mass is 10.1. The second kappa shape index (κ2) is 6.64. The number of aliphatic imine (C=N–C) groups is 1. The van der Waals surface area contributed by atoms with E-state index in [9.17, 15) is 10.1 Å². The number of fused-ring (bicyclic) bond motifs is 1. The Morgan fingerprint density at radius 3 is 2.58 bits per heavy atom. The normalized spacial score (nSPS) is 11.2. The van der Waals surface area contributed by atoms with E-state index in [2.05, 4.69) is 35.3 Å². The number of aromatic nitrogens is 1. The summed E-state index contributed by atoms with van der Waals surface area (Å²) in [6, 6.07) is 24.7. The molecule has 126 valence electrons. The highest BCUT2D eigenvalue weighted by molar-refractivity contribution is 5.86. The maximum Gasteiger partial charge on any atom is 0.271 e. The number of nitro groups is 1. The molecule has 0 amide bonds. The lowest BCUT2D eigenvalue weighted by molar-refractivity contribution is -0.384. The molecule has 0 aliphatic heterocycles. The zero-order chi connectivity index (χ0) is 17.9. The van der Waals surface area contributed by atoms with Gasteiger partial charge in [-0.1, -0.05) is 36.4 Å². The second-order valence-electron chi connectivity index (χ2n) is 5.87. The highest BCUT2D eigenvalue weighted by atomic mass is 16.6. The summed E-state index contributed by atoms with van der Waals surface area (Å²) in [6.07, 6.45) is 3.69. The van der Waals surface area contributed by atoms with Crippen LogP contribution in [0.3, 0.4) is 0 Å². The molecule has 0 aliphatic carbocycles. The van der Waals surface area contributed by atoms with Gasteiger partial charge in [0.25, 0.3) is 5.69 Å². The van der Waals surface area contributed by atoms with Crippen LogP contribution in [0.4, 0.5) is 11.4 Å². The van der Waals surface area contributed by atoms with Crippen molar-refractivity contribution >= 4 is 28.4 Å². The lowest BCUT2D eigenvalue weighted by Gasteiger charge is -2.08. The first-order valence-corrected chi connectivity index (χ1v) is 8.16. The fraction of sp³-hybridized carbons (Fsp3) is 0. The molecule has 0 saturated heterocycles. The maximum atomic E-state index is 10.9. The Morgan fingerprint density at radius 2 is 1.73 bits per heavy atom. The predicted molar refractivity (Wildman–Crippen MR) is 104 cm³/mol. The summed E-state index contributed by atoms with van der Waals surface area (Å²) in [5.41, 5.74) is 2.51. The van der Waals surface area contributed by atoms with E-state index < -0.39 is 4.92 Å². The third-order valence-electron chi connectivity index (χ3n) is 4.18. The third-order valence-corrected chi connectivity index (χ3v) is 4.18. The van der Waals surface area contributed by atoms with Gasteiger partial charge in [-0.15, -0.1) is 0 Å². The summed E-state index contributed by atoms with van der Waals surface area (Å²) in [4.78, 5) is 14.9. The Balaban J connectivity index is 1.68. The van der Waals surface area contributed by atoms with Crippen molar-refractivity contribution in [3.63, 3.8) is 0 Å². The number of rotatable bonds is 4. The van der Waals surface area contributed by atoms with Gasteiger partial charge in [-0.3, -0.25) is 15.1 Å². The van der Waals surface area contributed by atoms with E-state index in [1.54, 1.807) is 18.3 Å². The van der Waals surface area contributed by atoms with Crippen molar-refractivity contribution < 1.29 is 4.92 Å². The zero-order valence-electron chi connectivity index (χ0n) is 13.8. The van der Waals surface area contributed by atoms with Gasteiger partial charge < -0.3 is 4.57 Å². The molecular weight excluding hydrogens is 326 g/mol. The van der Waals surface area contributed by atoms with Gasteiger partial charge in [0.05, 0.1) is 22.5 Å². The van der Waals surface area contributed by atoms with Gasteiger partial charge >= 0.3 is 0 Å². The third kappa shape index (κ3) is 3.10. The van der Waals surface area contributed by atoms with Gasteiger partial charge in [0.15, 0.2) is 0 Å². The van der Waals surface area contributed by atoms with E-state index >= 15 is 0 Å². The monoisotopic (exact) mass is 341 g/mol. The minimum atomic E-state index is -0.420. The van der Waals surface area contributed by atoms with Crippen LogP contribution in [0.15, 0.2) is 90.1 Å². The summed E-state index contributed by atoms with van der Waals surface area (Å²) in [5.74, 6) is 0. The molecule has 0 radical (unpaired) electrons. The molecule has 0 saturated carbocycles. The first kappa shape index (κ1) is 15.8. The quantitative estimate of drug-likeness (QED) is 0.288. The Bertz CT molecular complexity index is 1130. The Kier molecular flexibility index (Phi) is 4.03. The van der Waals surface area contributed by atoms with E-state index in [4.69, 9.17) is 0 Å². The second-order valence-corrected chi connectivity index (χ2v) is 5.87. The summed E-state index contributed by atoms with van der Waals surface area (Å²) in [6.45, 7) is 0. The molecule has 26 heavy (non-hydrogen) atoms. The van der Waals surface area contributed by atoms with Crippen LogP contribution in [-0.2, 0) is 0 Å². The molecule has 0 spiro atoms. The van der Waals surface area contributed by atoms with Crippen molar-refractivity contribution in [2.24, 2.45) is 4.99 Å². The van der Waals surface area contributed by atoms with E-state index in [0.29, 0.717) is 5.69 Å². The van der Waals surface area contributed by atoms with E-state index in [0.717, 1.165) is 11.4 Å². The first-order valence-electron chi connectivity index (χ1n) is 8.16. The molecule has 0 bridgehead atoms. The summed E-state index contributed by atoms with van der Waals surface area (Å²) < 4.78 is 2.04. The van der Waals surface area contributed by atoms with Crippen LogP contribution in [0.25, 0.3) is 16.5 Å². The highest BCUT2D eigenvalue weighted by Gasteiger charge is 2.05. The van der Waals surface area contributed by atoms with Crippen molar-refractivity contribution in [3.05, 3.63) is 101 Å². The largest absolute Gasteiger partial charge is 0.316 e. The van der Waals surface area contributed by atoms with Gasteiger partial charge in [-0.25, -0.2) is 0 Å². The van der Waals surface area contributed by atoms with Crippen LogP contribution < -0.4 is 0 Å². The molecule has 4 aromatic rings. The summed E-state index contributed by atoms with van der Waals surface area (Å²) in [7, 11) is 0. The van der Waals surface area contributed by atoms with Gasteiger partial charge in [-0.2, -0.15) is 0 Å². The highest BCUT2D eigenvalue weighted by Crippen LogP contribution is 2.22. The van der Waals surface area contributed by atoms with Crippen molar-refractivity contribution in [2.45, 2.75) is 0 Å². The van der Waals surface area contributed by atoms with Crippen LogP contribution in [-0.4, -0.2) is 15.7 Å². The van der Waals surface area contributed by atoms with Crippen LogP contribution in [0.2, 0.25) is 0 Å². The molecule has 4 rings (SSSR count). The zero-order valence-corrected chi connectivity index (χ0v) is 13.8. The van der Waals surface area contributed by atoms with Crippen LogP contribution in [0.1, 0.15) is 5.69 Å². The number of non-ortho nitro benzene ring substituents is 1. The smallest absolute Gasteiger partial charge is 0.271 e. The molecule has 3 aromatic carbocycles. The van der Waals surface area contributed by atoms with Crippen LogP contribution >= 0.6 is 0 Å². The standard InChI is InChI=1S/C21H15N3O2/c25-24(26)20-8-3-7-18(14-20)22-15-21-9-4-12-23(21)19-11-10-16-5-1-2-6-17(16)13-19/h1-15H. The topological polar surface area (TPSA) is 60.4 Å². The van der Waals surface area contributed by atoms with E-state index in [-0.39, 0.29) is 5.69 Å². The van der Waals surface area contributed by atoms with Crippen molar-refractivity contribution in [2.75, 3.05) is 0 Å². The number of hydrogen-bond acceptors (Lipinski definition) is 3. The molecule has 1 heterocycles. The lowest BCUT2D eigenvalue weighted by Crippen LogP contribution is -1.97. The van der Waals surface area contributed by atoms with Crippen LogP contribution in [0.5, 0.6) is 0 Å². The molecule has 5 heteroatoms. The Labute approximate surface area is 150 Å². The fourth-order valence-electron chi connectivity index (χ4n) is 2.89. The number of benzene rings is 3. The van der Waals surface area contributed by atoms with E-state index in [1.807, 2.05) is 35.0 Å². The number of hydrogen-bond donors (Lipinski definition) is 0. The fourth-order valence-corrected chi connectivity index (χ4v) is 2.89. The Hall–Kier alpha value is -3.73. The average molecular weight is 341 g/mol. The van der Waals surface area contributed by atoms with Gasteiger partial charge in [0, 0.05) is 24.0 Å². The van der Waals surface area contributed by atoms with Crippen molar-refractivity contribution in [1.29, 1.82) is 0 Å². The average Bonchev–Trinajstić information content (AvgIpc) is 3.15. The molecule has 0 unspecified atom stereocenters. The molecule has 1 aromatic heterocycles. The number of nitro benzene ring substituents is 1. The van der Waals surface area contributed by atoms with Gasteiger partial charge in [-0.05, 0) is 41.1 Å². The first-order chi connectivity index (χ1) is 12.7. The Morgan fingerprint density at radius 1 is 0.885 bits per heavy atom. The molecule has 0 fully saturated rings. The molecule has 0 atom stereocenters. The van der Waals surface area contributed by atoms with Gasteiger partial charge in [0.1, 0.15) is 0 Å². The maximum absolute atomic E-state index is 10.9. The molecule has 0 aliphatic rings. The number of nitrogens with zero attached hydrogens (tertiary/aromatic N) is 3. The minimum absolute atomic E-state index is 0.0320. The molecular formula is C21H15N3O2.